The predicted octanol–water partition coefficient (Wildman–Crippen LogP) is 3.37. The minimum absolute atomic E-state index is 0.570. The smallest absolute Gasteiger partial charge is 0.204 e. The molecule has 0 saturated heterocycles. The molecule has 0 saturated carbocycles. The third-order valence-corrected chi connectivity index (χ3v) is 5.18. The predicted molar refractivity (Wildman–Crippen MR) is 112 cm³/mol. The van der Waals surface area contributed by atoms with Crippen molar-refractivity contribution < 1.29 is 4.74 Å². The second-order valence-electron chi connectivity index (χ2n) is 6.89. The van der Waals surface area contributed by atoms with Crippen molar-refractivity contribution >= 4 is 5.65 Å². The fourth-order valence-electron chi connectivity index (χ4n) is 3.65. The number of H-pyrrole nitrogens is 1. The lowest BCUT2D eigenvalue weighted by molar-refractivity contribution is 0.409. The number of benzene rings is 2. The van der Waals surface area contributed by atoms with Crippen LogP contribution in [0.3, 0.4) is 0 Å². The first-order chi connectivity index (χ1) is 14.8. The van der Waals surface area contributed by atoms with Gasteiger partial charge in [0.15, 0.2) is 5.65 Å². The van der Waals surface area contributed by atoms with Crippen LogP contribution in [-0.4, -0.2) is 42.3 Å². The molecule has 8 heteroatoms. The summed E-state index contributed by atoms with van der Waals surface area (Å²) < 4.78 is 7.53. The Morgan fingerprint density at radius 2 is 1.73 bits per heavy atom. The maximum atomic E-state index is 5.47. The summed E-state index contributed by atoms with van der Waals surface area (Å²) in [5.41, 5.74) is 6.14. The Morgan fingerprint density at radius 1 is 0.900 bits per heavy atom. The van der Waals surface area contributed by atoms with Crippen LogP contribution in [-0.2, 0) is 12.8 Å². The van der Waals surface area contributed by atoms with Gasteiger partial charge >= 0.3 is 0 Å². The lowest BCUT2D eigenvalue weighted by Gasteiger charge is -2.11. The quantitative estimate of drug-likeness (QED) is 0.472. The third-order valence-electron chi connectivity index (χ3n) is 5.18. The van der Waals surface area contributed by atoms with Crippen LogP contribution >= 0.6 is 0 Å². The van der Waals surface area contributed by atoms with E-state index >= 15 is 0 Å². The number of para-hydroxylation sites is 1. The van der Waals surface area contributed by atoms with Crippen LogP contribution < -0.4 is 4.74 Å². The van der Waals surface area contributed by atoms with Gasteiger partial charge in [0.25, 0.3) is 0 Å². The van der Waals surface area contributed by atoms with E-state index in [4.69, 9.17) is 4.74 Å². The molecule has 0 fully saturated rings. The SMILES string of the molecule is COc1ccccc1CCc1ccc(-c2ccc(-c3nn[nH]n3)cc2)c2nncn12. The van der Waals surface area contributed by atoms with Gasteiger partial charge in [-0.1, -0.05) is 42.5 Å². The molecule has 0 unspecified atom stereocenters. The topological polar surface area (TPSA) is 93.9 Å². The molecular formula is C22H19N7O. The molecular weight excluding hydrogens is 378 g/mol. The molecule has 0 spiro atoms. The number of aromatic nitrogens is 7. The lowest BCUT2D eigenvalue weighted by Crippen LogP contribution is -2.01. The normalized spacial score (nSPS) is 11.1. The first-order valence-electron chi connectivity index (χ1n) is 9.61. The molecule has 3 aromatic heterocycles. The van der Waals surface area contributed by atoms with Gasteiger partial charge in [-0.3, -0.25) is 4.40 Å². The molecule has 3 heterocycles. The second kappa shape index (κ2) is 7.75. The van der Waals surface area contributed by atoms with Gasteiger partial charge in [-0.05, 0) is 47.4 Å². The van der Waals surface area contributed by atoms with Crippen molar-refractivity contribution in [1.82, 2.24) is 35.2 Å². The Hall–Kier alpha value is -4.07. The standard InChI is InChI=1S/C22H19N7O/c1-30-20-5-3-2-4-16(20)10-11-18-12-13-19(22-26-23-14-29(18)22)15-6-8-17(9-7-15)21-24-27-28-25-21/h2-9,12-14H,10-11H2,1H3,(H,24,25,27,28). The monoisotopic (exact) mass is 397 g/mol. The van der Waals surface area contributed by atoms with Gasteiger partial charge in [-0.25, -0.2) is 0 Å². The van der Waals surface area contributed by atoms with Gasteiger partial charge < -0.3 is 4.74 Å². The van der Waals surface area contributed by atoms with Crippen molar-refractivity contribution in [2.24, 2.45) is 0 Å². The molecule has 0 aliphatic rings. The minimum Gasteiger partial charge on any atom is -0.496 e. The van der Waals surface area contributed by atoms with Crippen LogP contribution in [0.1, 0.15) is 11.3 Å². The van der Waals surface area contributed by atoms with Crippen molar-refractivity contribution in [3.63, 3.8) is 0 Å². The molecule has 0 aliphatic carbocycles. The van der Waals surface area contributed by atoms with E-state index in [0.29, 0.717) is 5.82 Å². The molecule has 5 aromatic rings. The molecule has 0 aliphatic heterocycles. The Bertz CT molecular complexity index is 1280. The summed E-state index contributed by atoms with van der Waals surface area (Å²) >= 11 is 0. The zero-order valence-corrected chi connectivity index (χ0v) is 16.4. The molecule has 1 N–H and O–H groups in total. The number of rotatable bonds is 6. The van der Waals surface area contributed by atoms with E-state index in [9.17, 15) is 0 Å². The number of nitrogens with zero attached hydrogens (tertiary/aromatic N) is 6. The summed E-state index contributed by atoms with van der Waals surface area (Å²) in [6.45, 7) is 0. The summed E-state index contributed by atoms with van der Waals surface area (Å²) in [6, 6.07) is 20.4. The van der Waals surface area contributed by atoms with Crippen molar-refractivity contribution in [1.29, 1.82) is 0 Å². The Kier molecular flexibility index (Phi) is 4.65. The molecule has 8 nitrogen and oxygen atoms in total. The number of tetrazole rings is 1. The Morgan fingerprint density at radius 3 is 2.53 bits per heavy atom. The van der Waals surface area contributed by atoms with E-state index in [2.05, 4.69) is 53.4 Å². The van der Waals surface area contributed by atoms with Crippen LogP contribution in [0.2, 0.25) is 0 Å². The lowest BCUT2D eigenvalue weighted by atomic mass is 10.0. The van der Waals surface area contributed by atoms with Crippen molar-refractivity contribution in [2.75, 3.05) is 7.11 Å². The third kappa shape index (κ3) is 3.28. The number of hydrogen-bond donors (Lipinski definition) is 1. The zero-order chi connectivity index (χ0) is 20.3. The Balaban J connectivity index is 1.44. The van der Waals surface area contributed by atoms with Gasteiger partial charge in [-0.15, -0.1) is 20.4 Å². The van der Waals surface area contributed by atoms with Gasteiger partial charge in [0.2, 0.25) is 5.82 Å². The molecule has 0 amide bonds. The van der Waals surface area contributed by atoms with E-state index in [-0.39, 0.29) is 0 Å². The number of fused-ring (bicyclic) bond motifs is 1. The highest BCUT2D eigenvalue weighted by atomic mass is 16.5. The van der Waals surface area contributed by atoms with Crippen LogP contribution in [0.4, 0.5) is 0 Å². The summed E-state index contributed by atoms with van der Waals surface area (Å²) in [6.07, 6.45) is 3.49. The van der Waals surface area contributed by atoms with Gasteiger partial charge in [0, 0.05) is 16.8 Å². The Labute approximate surface area is 172 Å². The average molecular weight is 397 g/mol. The van der Waals surface area contributed by atoms with E-state index in [1.54, 1.807) is 13.4 Å². The molecule has 0 atom stereocenters. The van der Waals surface area contributed by atoms with Crippen molar-refractivity contribution in [3.05, 3.63) is 78.2 Å². The minimum atomic E-state index is 0.570. The summed E-state index contributed by atoms with van der Waals surface area (Å²) in [5.74, 6) is 1.48. The van der Waals surface area contributed by atoms with E-state index < -0.39 is 0 Å². The molecule has 30 heavy (non-hydrogen) atoms. The van der Waals surface area contributed by atoms with Gasteiger partial charge in [-0.2, -0.15) is 5.21 Å². The van der Waals surface area contributed by atoms with Crippen LogP contribution in [0, 0.1) is 0 Å². The number of pyridine rings is 1. The van der Waals surface area contributed by atoms with E-state index in [1.165, 1.54) is 5.56 Å². The fourth-order valence-corrected chi connectivity index (χ4v) is 3.65. The number of aryl methyl sites for hydroxylation is 2. The molecule has 2 aromatic carbocycles. The highest BCUT2D eigenvalue weighted by molar-refractivity contribution is 5.78. The number of ether oxygens (including phenoxy) is 1. The first kappa shape index (κ1) is 18.0. The zero-order valence-electron chi connectivity index (χ0n) is 16.4. The number of nitrogens with one attached hydrogen (secondary N) is 1. The largest absolute Gasteiger partial charge is 0.496 e. The number of methoxy groups -OCH3 is 1. The number of hydrogen-bond acceptors (Lipinski definition) is 6. The fraction of sp³-hybridized carbons (Fsp3) is 0.136. The van der Waals surface area contributed by atoms with E-state index in [1.807, 2.05) is 42.5 Å². The van der Waals surface area contributed by atoms with Crippen molar-refractivity contribution in [3.8, 4) is 28.3 Å². The highest BCUT2D eigenvalue weighted by Gasteiger charge is 2.12. The summed E-state index contributed by atoms with van der Waals surface area (Å²) in [4.78, 5) is 0. The van der Waals surface area contributed by atoms with Crippen molar-refractivity contribution in [2.45, 2.75) is 12.8 Å². The summed E-state index contributed by atoms with van der Waals surface area (Å²) in [7, 11) is 1.70. The van der Waals surface area contributed by atoms with Crippen LogP contribution in [0.15, 0.2) is 67.0 Å². The summed E-state index contributed by atoms with van der Waals surface area (Å²) in [5, 5.41) is 22.6. The second-order valence-corrected chi connectivity index (χ2v) is 6.89. The maximum Gasteiger partial charge on any atom is 0.204 e. The molecule has 5 rings (SSSR count). The van der Waals surface area contributed by atoms with E-state index in [0.717, 1.165) is 46.6 Å². The van der Waals surface area contributed by atoms with Gasteiger partial charge in [0.1, 0.15) is 12.1 Å². The molecule has 148 valence electrons. The molecule has 0 radical (unpaired) electrons. The van der Waals surface area contributed by atoms with Crippen LogP contribution in [0.25, 0.3) is 28.2 Å². The average Bonchev–Trinajstić information content (AvgIpc) is 3.50. The van der Waals surface area contributed by atoms with Gasteiger partial charge in [0.05, 0.1) is 7.11 Å². The maximum absolute atomic E-state index is 5.47. The number of aromatic amines is 1. The highest BCUT2D eigenvalue weighted by Crippen LogP contribution is 2.27. The van der Waals surface area contributed by atoms with Crippen LogP contribution in [0.5, 0.6) is 5.75 Å². The first-order valence-corrected chi connectivity index (χ1v) is 9.61. The molecule has 0 bridgehead atoms.